The maximum atomic E-state index is 12.6. The van der Waals surface area contributed by atoms with E-state index in [4.69, 9.17) is 0 Å². The van der Waals surface area contributed by atoms with Gasteiger partial charge in [0.1, 0.15) is 22.7 Å². The van der Waals surface area contributed by atoms with E-state index in [1.54, 1.807) is 24.5 Å². The predicted molar refractivity (Wildman–Crippen MR) is 85.9 cm³/mol. The Bertz CT molecular complexity index is 928. The van der Waals surface area contributed by atoms with Crippen LogP contribution in [0.2, 0.25) is 0 Å². The molecule has 23 heavy (non-hydrogen) atoms. The molecular weight excluding hydrogens is 292 g/mol. The molecule has 4 rings (SSSR count). The minimum atomic E-state index is -0.363. The van der Waals surface area contributed by atoms with Crippen molar-refractivity contribution in [2.75, 3.05) is 5.32 Å². The van der Waals surface area contributed by atoms with Gasteiger partial charge in [-0.2, -0.15) is 0 Å². The van der Waals surface area contributed by atoms with Crippen molar-refractivity contribution in [3.8, 4) is 0 Å². The highest BCUT2D eigenvalue weighted by Gasteiger charge is 2.28. The molecular formula is C17H14N4O2. The van der Waals surface area contributed by atoms with Crippen LogP contribution in [0.25, 0.3) is 11.2 Å². The summed E-state index contributed by atoms with van der Waals surface area (Å²) < 4.78 is 1.96. The van der Waals surface area contributed by atoms with Gasteiger partial charge >= 0.3 is 0 Å². The Morgan fingerprint density at radius 1 is 1.17 bits per heavy atom. The zero-order chi connectivity index (χ0) is 15.8. The molecule has 0 saturated carbocycles. The molecule has 0 atom stereocenters. The zero-order valence-corrected chi connectivity index (χ0v) is 12.2. The molecule has 3 heterocycles. The highest BCUT2D eigenvalue weighted by atomic mass is 16.3. The summed E-state index contributed by atoms with van der Waals surface area (Å²) in [6.45, 7) is 0. The van der Waals surface area contributed by atoms with Gasteiger partial charge in [-0.1, -0.05) is 6.07 Å². The number of hydrogen-bond donors (Lipinski definition) is 2. The molecule has 114 valence electrons. The van der Waals surface area contributed by atoms with Crippen LogP contribution < -0.4 is 5.32 Å². The van der Waals surface area contributed by atoms with Crippen LogP contribution in [0.3, 0.4) is 0 Å². The van der Waals surface area contributed by atoms with E-state index in [1.807, 2.05) is 28.8 Å². The molecule has 2 N–H and O–H groups in total. The van der Waals surface area contributed by atoms with Crippen molar-refractivity contribution >= 4 is 22.8 Å². The largest absolute Gasteiger partial charge is 0.511 e. The van der Waals surface area contributed by atoms with Crippen molar-refractivity contribution in [1.82, 2.24) is 14.4 Å². The molecule has 6 heteroatoms. The predicted octanol–water partition coefficient (Wildman–Crippen LogP) is 2.58. The molecule has 0 aromatic carbocycles. The Morgan fingerprint density at radius 2 is 2.00 bits per heavy atom. The second-order valence-electron chi connectivity index (χ2n) is 5.35. The minimum absolute atomic E-state index is 0.0764. The van der Waals surface area contributed by atoms with Crippen LogP contribution >= 0.6 is 0 Å². The van der Waals surface area contributed by atoms with E-state index < -0.39 is 0 Å². The van der Waals surface area contributed by atoms with Gasteiger partial charge in [-0.3, -0.25) is 9.78 Å². The number of aliphatic hydroxyl groups excluding tert-OH is 1. The first-order chi connectivity index (χ1) is 11.2. The number of amides is 1. The van der Waals surface area contributed by atoms with Crippen molar-refractivity contribution < 1.29 is 9.90 Å². The van der Waals surface area contributed by atoms with Crippen LogP contribution in [0.4, 0.5) is 5.69 Å². The van der Waals surface area contributed by atoms with Gasteiger partial charge in [-0.25, -0.2) is 4.98 Å². The lowest BCUT2D eigenvalue weighted by molar-refractivity contribution is -0.111. The van der Waals surface area contributed by atoms with Crippen LogP contribution in [-0.4, -0.2) is 25.4 Å². The molecule has 0 aliphatic heterocycles. The number of nitrogens with zero attached hydrogens (tertiary/aromatic N) is 3. The van der Waals surface area contributed by atoms with Crippen LogP contribution in [-0.2, 0) is 11.2 Å². The van der Waals surface area contributed by atoms with Gasteiger partial charge in [-0.15, -0.1) is 0 Å². The summed E-state index contributed by atoms with van der Waals surface area (Å²) >= 11 is 0. The number of anilines is 1. The van der Waals surface area contributed by atoms with E-state index in [1.165, 1.54) is 0 Å². The van der Waals surface area contributed by atoms with Gasteiger partial charge in [0, 0.05) is 30.7 Å². The van der Waals surface area contributed by atoms with Crippen molar-refractivity contribution in [2.24, 2.45) is 0 Å². The summed E-state index contributed by atoms with van der Waals surface area (Å²) in [6.07, 6.45) is 6.19. The van der Waals surface area contributed by atoms with E-state index >= 15 is 0 Å². The number of carbonyl (C=O) groups excluding carboxylic acids is 1. The molecule has 0 unspecified atom stereocenters. The molecule has 1 aliphatic carbocycles. The van der Waals surface area contributed by atoms with Crippen LogP contribution in [0.1, 0.15) is 17.8 Å². The number of aromatic nitrogens is 3. The Morgan fingerprint density at radius 3 is 2.83 bits per heavy atom. The first kappa shape index (κ1) is 13.5. The summed E-state index contributed by atoms with van der Waals surface area (Å²) in [5, 5.41) is 13.0. The number of hydrogen-bond acceptors (Lipinski definition) is 4. The van der Waals surface area contributed by atoms with Gasteiger partial charge in [0.15, 0.2) is 0 Å². The Labute approximate surface area is 132 Å². The molecule has 3 aromatic heterocycles. The number of aliphatic hydroxyl groups is 1. The maximum absolute atomic E-state index is 12.6. The molecule has 6 nitrogen and oxygen atoms in total. The van der Waals surface area contributed by atoms with E-state index in [0.29, 0.717) is 24.2 Å². The lowest BCUT2D eigenvalue weighted by Crippen LogP contribution is -2.19. The van der Waals surface area contributed by atoms with Crippen molar-refractivity contribution in [3.63, 3.8) is 0 Å². The summed E-state index contributed by atoms with van der Waals surface area (Å²) in [7, 11) is 0. The lowest BCUT2D eigenvalue weighted by Gasteiger charge is -2.16. The number of pyridine rings is 2. The van der Waals surface area contributed by atoms with Gasteiger partial charge < -0.3 is 14.8 Å². The van der Waals surface area contributed by atoms with Gasteiger partial charge in [0.2, 0.25) is 0 Å². The summed E-state index contributed by atoms with van der Waals surface area (Å²) in [6, 6.07) is 9.09. The number of carbonyl (C=O) groups is 1. The first-order valence-electron chi connectivity index (χ1n) is 7.34. The Kier molecular flexibility index (Phi) is 3.08. The smallest absolute Gasteiger partial charge is 0.261 e. The van der Waals surface area contributed by atoms with Gasteiger partial charge in [-0.05, 0) is 30.7 Å². The molecule has 0 spiro atoms. The fourth-order valence-electron chi connectivity index (χ4n) is 2.85. The third-order valence-corrected chi connectivity index (χ3v) is 3.92. The van der Waals surface area contributed by atoms with Crippen LogP contribution in [0, 0.1) is 0 Å². The highest BCUT2D eigenvalue weighted by molar-refractivity contribution is 6.25. The zero-order valence-electron chi connectivity index (χ0n) is 12.2. The number of fused-ring (bicyclic) bond motifs is 3. The Hall–Kier alpha value is -3.15. The van der Waals surface area contributed by atoms with E-state index in [2.05, 4.69) is 15.3 Å². The topological polar surface area (TPSA) is 79.5 Å². The second kappa shape index (κ2) is 5.24. The quantitative estimate of drug-likeness (QED) is 0.762. The van der Waals surface area contributed by atoms with Crippen molar-refractivity contribution in [2.45, 2.75) is 12.8 Å². The lowest BCUT2D eigenvalue weighted by atomic mass is 9.97. The maximum Gasteiger partial charge on any atom is 0.261 e. The average Bonchev–Trinajstić information content (AvgIpc) is 2.93. The molecule has 1 amide bonds. The first-order valence-corrected chi connectivity index (χ1v) is 7.34. The van der Waals surface area contributed by atoms with Crippen molar-refractivity contribution in [1.29, 1.82) is 0 Å². The van der Waals surface area contributed by atoms with E-state index in [-0.39, 0.29) is 17.2 Å². The third kappa shape index (κ3) is 2.24. The fraction of sp³-hybridized carbons (Fsp3) is 0.118. The standard InChI is InChI=1S/C17H14N4O2/c22-13-5-4-12-16(20-14-3-1-2-10-21(12)14)15(13)17(23)19-11-6-8-18-9-7-11/h1-3,6-10,22H,4-5H2,(H,18,19,23). The number of nitrogens with one attached hydrogen (secondary N) is 1. The van der Waals surface area contributed by atoms with Crippen LogP contribution in [0.5, 0.6) is 0 Å². The Balaban J connectivity index is 1.78. The highest BCUT2D eigenvalue weighted by Crippen LogP contribution is 2.31. The molecule has 0 fully saturated rings. The van der Waals surface area contributed by atoms with Gasteiger partial charge in [0.25, 0.3) is 5.91 Å². The molecule has 1 aliphatic rings. The molecule has 0 radical (unpaired) electrons. The number of allylic oxidation sites excluding steroid dienone is 1. The van der Waals surface area contributed by atoms with Crippen LogP contribution in [0.15, 0.2) is 54.7 Å². The van der Waals surface area contributed by atoms with Gasteiger partial charge in [0.05, 0.1) is 5.69 Å². The minimum Gasteiger partial charge on any atom is -0.511 e. The monoisotopic (exact) mass is 306 g/mol. The van der Waals surface area contributed by atoms with Crippen molar-refractivity contribution in [3.05, 3.63) is 66.1 Å². The molecule has 0 bridgehead atoms. The normalized spacial score (nSPS) is 13.9. The average molecular weight is 306 g/mol. The number of imidazole rings is 1. The summed E-state index contributed by atoms with van der Waals surface area (Å²) in [5.74, 6) is -0.287. The number of aryl methyl sites for hydroxylation is 1. The molecule has 3 aromatic rings. The second-order valence-corrected chi connectivity index (χ2v) is 5.35. The third-order valence-electron chi connectivity index (χ3n) is 3.92. The fourth-order valence-corrected chi connectivity index (χ4v) is 2.85. The van der Waals surface area contributed by atoms with E-state index in [9.17, 15) is 9.90 Å². The molecule has 0 saturated heterocycles. The SMILES string of the molecule is O=C(Nc1ccncc1)C1=C(O)CCc2c1nc1ccccn21. The number of rotatable bonds is 2. The summed E-state index contributed by atoms with van der Waals surface area (Å²) in [4.78, 5) is 21.1. The van der Waals surface area contributed by atoms with E-state index in [0.717, 1.165) is 11.3 Å². The summed E-state index contributed by atoms with van der Waals surface area (Å²) in [5.41, 5.74) is 3.12.